The van der Waals surface area contributed by atoms with Gasteiger partial charge in [-0.3, -0.25) is 4.79 Å². The summed E-state index contributed by atoms with van der Waals surface area (Å²) in [5.74, 6) is 2.32. The van der Waals surface area contributed by atoms with Gasteiger partial charge in [0.1, 0.15) is 11.4 Å². The first-order chi connectivity index (χ1) is 14.5. The highest BCUT2D eigenvalue weighted by molar-refractivity contribution is 6.01. The average molecular weight is 408 g/mol. The zero-order chi connectivity index (χ0) is 21.4. The van der Waals surface area contributed by atoms with E-state index in [1.807, 2.05) is 31.2 Å². The molecule has 1 aliphatic rings. The van der Waals surface area contributed by atoms with Crippen LogP contribution in [-0.2, 0) is 0 Å². The van der Waals surface area contributed by atoms with Gasteiger partial charge in [0, 0.05) is 12.0 Å². The number of fused-ring (bicyclic) bond motifs is 1. The molecule has 2 aromatic carbocycles. The average Bonchev–Trinajstić information content (AvgIpc) is 3.57. The van der Waals surface area contributed by atoms with Crippen molar-refractivity contribution in [2.75, 3.05) is 28.4 Å². The van der Waals surface area contributed by atoms with Gasteiger partial charge in [0.15, 0.2) is 17.3 Å². The number of carbonyl (C=O) groups excluding carboxylic acids is 1. The minimum atomic E-state index is -0.149. The van der Waals surface area contributed by atoms with Crippen LogP contribution in [0.3, 0.4) is 0 Å². The zero-order valence-electron chi connectivity index (χ0n) is 17.7. The molecule has 2 unspecified atom stereocenters. The third-order valence-electron chi connectivity index (χ3n) is 5.52. The van der Waals surface area contributed by atoms with E-state index in [2.05, 4.69) is 9.97 Å². The van der Waals surface area contributed by atoms with Gasteiger partial charge in [0.25, 0.3) is 0 Å². The Kier molecular flexibility index (Phi) is 5.20. The molecule has 0 radical (unpaired) electrons. The quantitative estimate of drug-likeness (QED) is 0.548. The second-order valence-electron chi connectivity index (χ2n) is 7.28. The number of aryl methyl sites for hydroxylation is 1. The van der Waals surface area contributed by atoms with Crippen LogP contribution in [0.15, 0.2) is 30.3 Å². The second-order valence-corrected chi connectivity index (χ2v) is 7.28. The first-order valence-electron chi connectivity index (χ1n) is 9.67. The maximum absolute atomic E-state index is 13.2. The van der Waals surface area contributed by atoms with E-state index in [0.717, 1.165) is 17.5 Å². The fourth-order valence-corrected chi connectivity index (χ4v) is 3.83. The maximum Gasteiger partial charge on any atom is 0.203 e. The highest BCUT2D eigenvalue weighted by atomic mass is 16.5. The summed E-state index contributed by atoms with van der Waals surface area (Å²) in [5.41, 5.74) is 3.41. The fraction of sp³-hybridized carbons (Fsp3) is 0.348. The Morgan fingerprint density at radius 2 is 1.60 bits per heavy atom. The van der Waals surface area contributed by atoms with Crippen LogP contribution in [-0.4, -0.2) is 44.2 Å². The second kappa shape index (κ2) is 7.82. The van der Waals surface area contributed by atoms with Crippen molar-refractivity contribution in [2.24, 2.45) is 5.92 Å². The van der Waals surface area contributed by atoms with Crippen molar-refractivity contribution in [1.82, 2.24) is 9.97 Å². The lowest BCUT2D eigenvalue weighted by Gasteiger charge is -2.14. The van der Waals surface area contributed by atoms with Crippen molar-refractivity contribution in [3.05, 3.63) is 47.3 Å². The summed E-state index contributed by atoms with van der Waals surface area (Å²) >= 11 is 0. The summed E-state index contributed by atoms with van der Waals surface area (Å²) in [7, 11) is 6.33. The molecule has 0 saturated heterocycles. The monoisotopic (exact) mass is 408 g/mol. The Labute approximate surface area is 175 Å². The standard InChI is InChI=1S/C23H24N2O5/c1-12-21(25-18-10-14(27-2)6-7-17(18)24-12)22(26)16-11-15(16)13-8-19(28-3)23(30-5)20(9-13)29-4/h6-10,15-16H,11H2,1-5H3. The normalized spacial score (nSPS) is 17.5. The van der Waals surface area contributed by atoms with Gasteiger partial charge in [-0.1, -0.05) is 0 Å². The third-order valence-corrected chi connectivity index (χ3v) is 5.52. The van der Waals surface area contributed by atoms with Gasteiger partial charge in [0.05, 0.1) is 45.2 Å². The molecule has 1 fully saturated rings. The molecule has 0 amide bonds. The van der Waals surface area contributed by atoms with Crippen molar-refractivity contribution >= 4 is 16.8 Å². The fourth-order valence-electron chi connectivity index (χ4n) is 3.83. The van der Waals surface area contributed by atoms with E-state index in [1.54, 1.807) is 34.5 Å². The van der Waals surface area contributed by atoms with Crippen LogP contribution < -0.4 is 18.9 Å². The number of Topliss-reactive ketones (excluding diaryl/α,β-unsaturated/α-hetero) is 1. The summed E-state index contributed by atoms with van der Waals surface area (Å²) in [5, 5.41) is 0. The molecule has 4 rings (SSSR count). The van der Waals surface area contributed by atoms with Crippen LogP contribution in [0.4, 0.5) is 0 Å². The molecular formula is C23H24N2O5. The van der Waals surface area contributed by atoms with Gasteiger partial charge < -0.3 is 18.9 Å². The molecule has 0 aliphatic heterocycles. The van der Waals surface area contributed by atoms with Gasteiger partial charge in [-0.05, 0) is 49.1 Å². The van der Waals surface area contributed by atoms with Crippen LogP contribution in [0, 0.1) is 12.8 Å². The summed E-state index contributed by atoms with van der Waals surface area (Å²) in [6.07, 6.45) is 0.745. The van der Waals surface area contributed by atoms with Crippen molar-refractivity contribution < 1.29 is 23.7 Å². The van der Waals surface area contributed by atoms with Crippen LogP contribution in [0.2, 0.25) is 0 Å². The molecule has 7 nitrogen and oxygen atoms in total. The smallest absolute Gasteiger partial charge is 0.203 e. The molecule has 0 bridgehead atoms. The van der Waals surface area contributed by atoms with Crippen LogP contribution in [0.1, 0.15) is 34.1 Å². The highest BCUT2D eigenvalue weighted by Gasteiger charge is 2.45. The molecule has 1 aliphatic carbocycles. The number of ether oxygens (including phenoxy) is 4. The molecular weight excluding hydrogens is 384 g/mol. The molecule has 1 saturated carbocycles. The van der Waals surface area contributed by atoms with Gasteiger partial charge in [-0.2, -0.15) is 0 Å². The van der Waals surface area contributed by atoms with Crippen molar-refractivity contribution in [2.45, 2.75) is 19.3 Å². The number of benzene rings is 2. The molecule has 0 N–H and O–H groups in total. The maximum atomic E-state index is 13.2. The van der Waals surface area contributed by atoms with Gasteiger partial charge in [-0.15, -0.1) is 0 Å². The van der Waals surface area contributed by atoms with E-state index >= 15 is 0 Å². The number of ketones is 1. The van der Waals surface area contributed by atoms with Crippen molar-refractivity contribution in [3.8, 4) is 23.0 Å². The Morgan fingerprint density at radius 1 is 0.900 bits per heavy atom. The van der Waals surface area contributed by atoms with E-state index < -0.39 is 0 Å². The first-order valence-corrected chi connectivity index (χ1v) is 9.67. The predicted molar refractivity (Wildman–Crippen MR) is 112 cm³/mol. The lowest BCUT2D eigenvalue weighted by Crippen LogP contribution is -2.10. The van der Waals surface area contributed by atoms with Gasteiger partial charge >= 0.3 is 0 Å². The van der Waals surface area contributed by atoms with E-state index in [4.69, 9.17) is 18.9 Å². The van der Waals surface area contributed by atoms with E-state index in [-0.39, 0.29) is 17.6 Å². The predicted octanol–water partition coefficient (Wildman–Crippen LogP) is 3.96. The number of nitrogens with zero attached hydrogens (tertiary/aromatic N) is 2. The molecule has 30 heavy (non-hydrogen) atoms. The minimum absolute atomic E-state index is 0.00321. The lowest BCUT2D eigenvalue weighted by molar-refractivity contribution is 0.0959. The Bertz CT molecular complexity index is 1100. The Hall–Kier alpha value is -3.35. The summed E-state index contributed by atoms with van der Waals surface area (Å²) < 4.78 is 21.5. The van der Waals surface area contributed by atoms with Crippen LogP contribution >= 0.6 is 0 Å². The lowest BCUT2D eigenvalue weighted by atomic mass is 10.0. The number of aromatic nitrogens is 2. The Morgan fingerprint density at radius 3 is 2.20 bits per heavy atom. The molecule has 7 heteroatoms. The molecule has 1 aromatic heterocycles. The molecule has 0 spiro atoms. The minimum Gasteiger partial charge on any atom is -0.497 e. The summed E-state index contributed by atoms with van der Waals surface area (Å²) in [6, 6.07) is 9.28. The topological polar surface area (TPSA) is 79.8 Å². The number of rotatable bonds is 7. The molecule has 1 heterocycles. The SMILES string of the molecule is COc1ccc2nc(C)c(C(=O)C3CC3c3cc(OC)c(OC)c(OC)c3)nc2c1. The summed E-state index contributed by atoms with van der Waals surface area (Å²) in [6.45, 7) is 1.82. The molecule has 3 aromatic rings. The largest absolute Gasteiger partial charge is 0.497 e. The van der Waals surface area contributed by atoms with Gasteiger partial charge in [-0.25, -0.2) is 9.97 Å². The van der Waals surface area contributed by atoms with Crippen molar-refractivity contribution in [1.29, 1.82) is 0 Å². The number of methoxy groups -OCH3 is 4. The molecule has 156 valence electrons. The Balaban J connectivity index is 1.64. The number of hydrogen-bond acceptors (Lipinski definition) is 7. The highest BCUT2D eigenvalue weighted by Crippen LogP contribution is 2.52. The van der Waals surface area contributed by atoms with E-state index in [9.17, 15) is 4.79 Å². The van der Waals surface area contributed by atoms with E-state index in [0.29, 0.717) is 39.9 Å². The molecule has 2 atom stereocenters. The zero-order valence-corrected chi connectivity index (χ0v) is 17.7. The number of hydrogen-bond donors (Lipinski definition) is 0. The van der Waals surface area contributed by atoms with Crippen LogP contribution in [0.5, 0.6) is 23.0 Å². The van der Waals surface area contributed by atoms with Gasteiger partial charge in [0.2, 0.25) is 5.75 Å². The van der Waals surface area contributed by atoms with Crippen LogP contribution in [0.25, 0.3) is 11.0 Å². The summed E-state index contributed by atoms with van der Waals surface area (Å²) in [4.78, 5) is 22.4. The van der Waals surface area contributed by atoms with E-state index in [1.165, 1.54) is 0 Å². The van der Waals surface area contributed by atoms with Crippen molar-refractivity contribution in [3.63, 3.8) is 0 Å². The first kappa shape index (κ1) is 19.9. The third kappa shape index (κ3) is 3.40. The number of carbonyl (C=O) groups is 1.